The number of halogens is 1. The van der Waals surface area contributed by atoms with Crippen LogP contribution < -0.4 is 10.1 Å². The number of methoxy groups -OCH3 is 1. The number of piperidine rings is 1. The van der Waals surface area contributed by atoms with Gasteiger partial charge in [-0.15, -0.1) is 0 Å². The lowest BCUT2D eigenvalue weighted by Gasteiger charge is -2.31. The molecular formula is C20H22ClN3O6S. The lowest BCUT2D eigenvalue weighted by molar-refractivity contribution is -0.385. The molecule has 1 fully saturated rings. The quantitative estimate of drug-likeness (QED) is 0.512. The van der Waals surface area contributed by atoms with Crippen molar-refractivity contribution in [2.45, 2.75) is 24.7 Å². The van der Waals surface area contributed by atoms with E-state index in [1.807, 2.05) is 0 Å². The maximum atomic E-state index is 13.2. The standard InChI is InChI=1S/C20H22ClN3O6S/c1-13-16(6-3-7-17(13)24(26)27)22-20(25)14-5-4-10-23(12-14)31(28,29)19-11-15(21)8-9-18(19)30-2/h3,6-9,11,14H,4-5,10,12H2,1-2H3,(H,22,25)/t14-/m0/s1. The molecule has 0 unspecified atom stereocenters. The third kappa shape index (κ3) is 4.81. The summed E-state index contributed by atoms with van der Waals surface area (Å²) in [5, 5.41) is 14.1. The van der Waals surface area contributed by atoms with Gasteiger partial charge >= 0.3 is 0 Å². The minimum atomic E-state index is -3.94. The molecule has 1 aliphatic heterocycles. The summed E-state index contributed by atoms with van der Waals surface area (Å²) in [6, 6.07) is 8.77. The molecule has 0 spiro atoms. The van der Waals surface area contributed by atoms with E-state index in [0.29, 0.717) is 24.1 Å². The Balaban J connectivity index is 1.81. The largest absolute Gasteiger partial charge is 0.495 e. The summed E-state index contributed by atoms with van der Waals surface area (Å²) in [5.41, 5.74) is 0.569. The Labute approximate surface area is 185 Å². The third-order valence-electron chi connectivity index (χ3n) is 5.26. The fraction of sp³-hybridized carbons (Fsp3) is 0.350. The minimum absolute atomic E-state index is 0.0161. The average Bonchev–Trinajstić information content (AvgIpc) is 2.75. The van der Waals surface area contributed by atoms with Crippen LogP contribution in [0.2, 0.25) is 5.02 Å². The van der Waals surface area contributed by atoms with Gasteiger partial charge in [-0.05, 0) is 44.0 Å². The molecule has 166 valence electrons. The SMILES string of the molecule is COc1ccc(Cl)cc1S(=O)(=O)N1CCC[C@H](C(=O)Nc2cccc([N+](=O)[O-])c2C)C1. The maximum Gasteiger partial charge on any atom is 0.274 e. The van der Waals surface area contributed by atoms with Crippen LogP contribution in [0.3, 0.4) is 0 Å². The lowest BCUT2D eigenvalue weighted by atomic mass is 9.98. The number of benzene rings is 2. The first-order valence-corrected chi connectivity index (χ1v) is 11.4. The van der Waals surface area contributed by atoms with Gasteiger partial charge in [0, 0.05) is 24.2 Å². The summed E-state index contributed by atoms with van der Waals surface area (Å²) in [6.07, 6.45) is 0.993. The Morgan fingerprint density at radius 1 is 1.32 bits per heavy atom. The number of ether oxygens (including phenoxy) is 1. The molecule has 0 bridgehead atoms. The second-order valence-corrected chi connectivity index (χ2v) is 9.54. The van der Waals surface area contributed by atoms with Crippen molar-refractivity contribution in [1.29, 1.82) is 0 Å². The Kier molecular flexibility index (Phi) is 6.83. The van der Waals surface area contributed by atoms with Gasteiger partial charge < -0.3 is 10.1 Å². The van der Waals surface area contributed by atoms with Crippen LogP contribution in [-0.4, -0.2) is 43.8 Å². The van der Waals surface area contributed by atoms with Gasteiger partial charge in [0.2, 0.25) is 15.9 Å². The van der Waals surface area contributed by atoms with E-state index in [1.165, 1.54) is 41.7 Å². The first-order valence-electron chi connectivity index (χ1n) is 9.53. The Morgan fingerprint density at radius 3 is 2.74 bits per heavy atom. The highest BCUT2D eigenvalue weighted by molar-refractivity contribution is 7.89. The van der Waals surface area contributed by atoms with Gasteiger partial charge in [0.15, 0.2) is 0 Å². The Bertz CT molecular complexity index is 1120. The van der Waals surface area contributed by atoms with Gasteiger partial charge in [0.1, 0.15) is 10.6 Å². The number of amides is 1. The van der Waals surface area contributed by atoms with Crippen molar-refractivity contribution in [2.24, 2.45) is 5.92 Å². The van der Waals surface area contributed by atoms with Crippen LogP contribution in [0.1, 0.15) is 18.4 Å². The highest BCUT2D eigenvalue weighted by atomic mass is 35.5. The molecular weight excluding hydrogens is 446 g/mol. The van der Waals surface area contributed by atoms with Crippen LogP contribution in [0.5, 0.6) is 5.75 Å². The molecule has 0 saturated carbocycles. The number of sulfonamides is 1. The molecule has 1 atom stereocenters. The van der Waals surface area contributed by atoms with E-state index in [4.69, 9.17) is 16.3 Å². The number of anilines is 1. The fourth-order valence-electron chi connectivity index (χ4n) is 3.56. The van der Waals surface area contributed by atoms with Crippen LogP contribution in [0.25, 0.3) is 0 Å². The van der Waals surface area contributed by atoms with Crippen molar-refractivity contribution in [3.63, 3.8) is 0 Å². The molecule has 2 aromatic rings. The molecule has 1 aliphatic rings. The van der Waals surface area contributed by atoms with Crippen molar-refractivity contribution >= 4 is 38.9 Å². The molecule has 1 saturated heterocycles. The highest BCUT2D eigenvalue weighted by Crippen LogP contribution is 2.32. The van der Waals surface area contributed by atoms with E-state index in [-0.39, 0.29) is 40.4 Å². The number of nitrogens with zero attached hydrogens (tertiary/aromatic N) is 2. The zero-order chi connectivity index (χ0) is 22.8. The third-order valence-corrected chi connectivity index (χ3v) is 7.38. The molecule has 0 radical (unpaired) electrons. The zero-order valence-electron chi connectivity index (χ0n) is 17.0. The molecule has 1 amide bonds. The molecule has 11 heteroatoms. The van der Waals surface area contributed by atoms with Gasteiger partial charge in [-0.2, -0.15) is 4.31 Å². The van der Waals surface area contributed by atoms with Gasteiger partial charge in [0.05, 0.1) is 29.2 Å². The summed E-state index contributed by atoms with van der Waals surface area (Å²) < 4.78 is 32.8. The van der Waals surface area contributed by atoms with Crippen LogP contribution in [0.4, 0.5) is 11.4 Å². The molecule has 1 heterocycles. The monoisotopic (exact) mass is 467 g/mol. The normalized spacial score (nSPS) is 17.2. The van der Waals surface area contributed by atoms with Crippen LogP contribution in [-0.2, 0) is 14.8 Å². The topological polar surface area (TPSA) is 119 Å². The van der Waals surface area contributed by atoms with Crippen LogP contribution in [0.15, 0.2) is 41.3 Å². The smallest absolute Gasteiger partial charge is 0.274 e. The summed E-state index contributed by atoms with van der Waals surface area (Å²) in [6.45, 7) is 1.80. The number of nitro groups is 1. The predicted molar refractivity (Wildman–Crippen MR) is 116 cm³/mol. The number of rotatable bonds is 6. The van der Waals surface area contributed by atoms with E-state index < -0.39 is 20.9 Å². The molecule has 2 aromatic carbocycles. The Hall–Kier alpha value is -2.69. The number of nitrogens with one attached hydrogen (secondary N) is 1. The molecule has 31 heavy (non-hydrogen) atoms. The number of carbonyl (C=O) groups excluding carboxylic acids is 1. The predicted octanol–water partition coefficient (Wildman–Crippen LogP) is 3.60. The average molecular weight is 468 g/mol. The van der Waals surface area contributed by atoms with Crippen molar-refractivity contribution in [1.82, 2.24) is 4.31 Å². The number of hydrogen-bond acceptors (Lipinski definition) is 6. The van der Waals surface area contributed by atoms with E-state index in [2.05, 4.69) is 5.32 Å². The number of hydrogen-bond donors (Lipinski definition) is 1. The van der Waals surface area contributed by atoms with Gasteiger partial charge in [-0.3, -0.25) is 14.9 Å². The van der Waals surface area contributed by atoms with Crippen molar-refractivity contribution in [3.8, 4) is 5.75 Å². The second-order valence-electron chi connectivity index (χ2n) is 7.19. The molecule has 3 rings (SSSR count). The van der Waals surface area contributed by atoms with E-state index >= 15 is 0 Å². The van der Waals surface area contributed by atoms with Gasteiger partial charge in [-0.1, -0.05) is 17.7 Å². The lowest BCUT2D eigenvalue weighted by Crippen LogP contribution is -2.43. The van der Waals surface area contributed by atoms with Crippen molar-refractivity contribution in [2.75, 3.05) is 25.5 Å². The van der Waals surface area contributed by atoms with Gasteiger partial charge in [0.25, 0.3) is 5.69 Å². The van der Waals surface area contributed by atoms with E-state index in [9.17, 15) is 23.3 Å². The second kappa shape index (κ2) is 9.21. The molecule has 1 N–H and O–H groups in total. The number of carbonyl (C=O) groups is 1. The molecule has 9 nitrogen and oxygen atoms in total. The maximum absolute atomic E-state index is 13.2. The number of nitro benzene ring substituents is 1. The van der Waals surface area contributed by atoms with E-state index in [0.717, 1.165) is 0 Å². The van der Waals surface area contributed by atoms with Crippen molar-refractivity contribution < 1.29 is 22.9 Å². The Morgan fingerprint density at radius 2 is 2.06 bits per heavy atom. The summed E-state index contributed by atoms with van der Waals surface area (Å²) in [4.78, 5) is 23.4. The molecule has 0 aliphatic carbocycles. The summed E-state index contributed by atoms with van der Waals surface area (Å²) >= 11 is 5.99. The molecule has 0 aromatic heterocycles. The first kappa shape index (κ1) is 23.0. The van der Waals surface area contributed by atoms with Crippen molar-refractivity contribution in [3.05, 3.63) is 57.1 Å². The van der Waals surface area contributed by atoms with Gasteiger partial charge in [-0.25, -0.2) is 8.42 Å². The summed E-state index contributed by atoms with van der Waals surface area (Å²) in [7, 11) is -2.57. The van der Waals surface area contributed by atoms with E-state index in [1.54, 1.807) is 13.0 Å². The zero-order valence-corrected chi connectivity index (χ0v) is 18.6. The van der Waals surface area contributed by atoms with Crippen LogP contribution >= 0.6 is 11.6 Å². The summed E-state index contributed by atoms with van der Waals surface area (Å²) in [5.74, 6) is -0.822. The fourth-order valence-corrected chi connectivity index (χ4v) is 5.50. The minimum Gasteiger partial charge on any atom is -0.495 e. The first-order chi connectivity index (χ1) is 14.6. The van der Waals surface area contributed by atoms with Crippen LogP contribution in [0, 0.1) is 23.0 Å². The highest BCUT2D eigenvalue weighted by Gasteiger charge is 2.35.